The summed E-state index contributed by atoms with van der Waals surface area (Å²) in [6, 6.07) is 0. The van der Waals surface area contributed by atoms with Gasteiger partial charge in [-0.25, -0.2) is 12.7 Å². The molecule has 0 unspecified atom stereocenters. The first-order valence-electron chi connectivity index (χ1n) is 8.74. The van der Waals surface area contributed by atoms with Crippen molar-refractivity contribution in [2.24, 2.45) is 4.99 Å². The quantitative estimate of drug-likeness (QED) is 0.362. The molecule has 0 radical (unpaired) electrons. The van der Waals surface area contributed by atoms with Gasteiger partial charge < -0.3 is 15.2 Å². The van der Waals surface area contributed by atoms with E-state index in [2.05, 4.69) is 27.7 Å². The van der Waals surface area contributed by atoms with Crippen LogP contribution in [0.5, 0.6) is 0 Å². The van der Waals surface area contributed by atoms with Gasteiger partial charge in [0.15, 0.2) is 5.96 Å². The smallest absolute Gasteiger partial charge is 0.213 e. The Balaban J connectivity index is 2.45. The molecule has 1 heterocycles. The fourth-order valence-electron chi connectivity index (χ4n) is 2.40. The van der Waals surface area contributed by atoms with Gasteiger partial charge in [-0.15, -0.1) is 0 Å². The summed E-state index contributed by atoms with van der Waals surface area (Å²) in [5, 5.41) is 10.6. The van der Waals surface area contributed by atoms with Crippen LogP contribution in [0.1, 0.15) is 44.2 Å². The maximum atomic E-state index is 11.7. The molecule has 0 atom stereocenters. The molecule has 1 aromatic heterocycles. The largest absolute Gasteiger partial charge is 0.361 e. The van der Waals surface area contributed by atoms with Crippen molar-refractivity contribution in [1.29, 1.82) is 0 Å². The molecule has 144 valence electrons. The Kier molecular flexibility index (Phi) is 8.91. The molecule has 0 aromatic carbocycles. The van der Waals surface area contributed by atoms with Crippen LogP contribution in [-0.4, -0.2) is 56.8 Å². The first-order chi connectivity index (χ1) is 11.9. The van der Waals surface area contributed by atoms with Crippen molar-refractivity contribution in [3.05, 3.63) is 17.0 Å². The topological polar surface area (TPSA) is 99.8 Å². The maximum Gasteiger partial charge on any atom is 0.213 e. The number of aromatic nitrogens is 1. The second kappa shape index (κ2) is 10.4. The average Bonchev–Trinajstić information content (AvgIpc) is 3.02. The van der Waals surface area contributed by atoms with Gasteiger partial charge in [0, 0.05) is 45.7 Å². The lowest BCUT2D eigenvalue weighted by Crippen LogP contribution is -2.39. The Bertz CT molecular complexity index is 633. The summed E-state index contributed by atoms with van der Waals surface area (Å²) in [6.45, 7) is 7.45. The van der Waals surface area contributed by atoms with E-state index in [9.17, 15) is 8.42 Å². The van der Waals surface area contributed by atoms with Gasteiger partial charge in [-0.05, 0) is 19.8 Å². The first-order valence-corrected chi connectivity index (χ1v) is 10.3. The summed E-state index contributed by atoms with van der Waals surface area (Å²) in [6.07, 6.45) is 2.32. The van der Waals surface area contributed by atoms with Crippen LogP contribution in [-0.2, 0) is 29.4 Å². The molecular formula is C16H31N5O3S. The van der Waals surface area contributed by atoms with Crippen LogP contribution in [0, 0.1) is 0 Å². The molecule has 2 N–H and O–H groups in total. The van der Waals surface area contributed by atoms with Gasteiger partial charge in [0.2, 0.25) is 10.0 Å². The molecule has 8 nitrogen and oxygen atoms in total. The van der Waals surface area contributed by atoms with Crippen LogP contribution in [0.4, 0.5) is 0 Å². The Hall–Kier alpha value is -1.61. The van der Waals surface area contributed by atoms with Gasteiger partial charge in [-0.2, -0.15) is 0 Å². The second-order valence-corrected chi connectivity index (χ2v) is 8.03. The van der Waals surface area contributed by atoms with Crippen molar-refractivity contribution >= 4 is 16.0 Å². The third-order valence-corrected chi connectivity index (χ3v) is 5.91. The number of hydrogen-bond donors (Lipinski definition) is 2. The lowest BCUT2D eigenvalue weighted by Gasteiger charge is -2.17. The average molecular weight is 374 g/mol. The van der Waals surface area contributed by atoms with E-state index in [0.29, 0.717) is 32.0 Å². The van der Waals surface area contributed by atoms with Gasteiger partial charge >= 0.3 is 0 Å². The Labute approximate surface area is 151 Å². The fourth-order valence-corrected chi connectivity index (χ4v) is 3.25. The van der Waals surface area contributed by atoms with Crippen molar-refractivity contribution < 1.29 is 12.9 Å². The van der Waals surface area contributed by atoms with Crippen LogP contribution >= 0.6 is 0 Å². The Morgan fingerprint density at radius 3 is 2.52 bits per heavy atom. The van der Waals surface area contributed by atoms with Crippen LogP contribution in [0.2, 0.25) is 0 Å². The molecule has 25 heavy (non-hydrogen) atoms. The number of sulfonamides is 1. The molecule has 0 spiro atoms. The summed E-state index contributed by atoms with van der Waals surface area (Å²) in [7, 11) is 0.197. The highest BCUT2D eigenvalue weighted by molar-refractivity contribution is 7.89. The predicted molar refractivity (Wildman–Crippen MR) is 100 cm³/mol. The first kappa shape index (κ1) is 21.4. The SMILES string of the molecule is CCc1noc(CC)c1CNC(=NC)NCCCN(C)S(=O)(=O)CC. The lowest BCUT2D eigenvalue weighted by atomic mass is 10.1. The van der Waals surface area contributed by atoms with Gasteiger partial charge in [-0.3, -0.25) is 4.99 Å². The number of rotatable bonds is 10. The fraction of sp³-hybridized carbons (Fsp3) is 0.750. The normalized spacial score (nSPS) is 12.6. The van der Waals surface area contributed by atoms with Crippen molar-refractivity contribution in [1.82, 2.24) is 20.1 Å². The standard InChI is InChI=1S/C16H31N5O3S/c1-6-14-13(15(7-2)24-20-14)12-19-16(17-4)18-10-9-11-21(5)25(22,23)8-3/h6-12H2,1-5H3,(H2,17,18,19). The summed E-state index contributed by atoms with van der Waals surface area (Å²) >= 11 is 0. The molecule has 9 heteroatoms. The number of guanidine groups is 1. The van der Waals surface area contributed by atoms with E-state index in [1.165, 1.54) is 4.31 Å². The molecule has 0 aliphatic heterocycles. The van der Waals surface area contributed by atoms with Crippen molar-refractivity contribution in [2.45, 2.75) is 46.6 Å². The molecule has 0 fully saturated rings. The Morgan fingerprint density at radius 2 is 1.96 bits per heavy atom. The molecule has 1 rings (SSSR count). The van der Waals surface area contributed by atoms with Gasteiger partial charge in [-0.1, -0.05) is 19.0 Å². The number of aryl methyl sites for hydroxylation is 2. The van der Waals surface area contributed by atoms with E-state index in [4.69, 9.17) is 4.52 Å². The van der Waals surface area contributed by atoms with Crippen LogP contribution in [0.3, 0.4) is 0 Å². The lowest BCUT2D eigenvalue weighted by molar-refractivity contribution is 0.380. The number of nitrogens with one attached hydrogen (secondary N) is 2. The van der Waals surface area contributed by atoms with E-state index in [1.807, 2.05) is 6.92 Å². The maximum absolute atomic E-state index is 11.7. The molecule has 0 aliphatic rings. The third kappa shape index (κ3) is 6.32. The number of aliphatic imine (C=N–C) groups is 1. The zero-order valence-corrected chi connectivity index (χ0v) is 16.7. The van der Waals surface area contributed by atoms with Crippen molar-refractivity contribution in [3.63, 3.8) is 0 Å². The highest BCUT2D eigenvalue weighted by atomic mass is 32.2. The summed E-state index contributed by atoms with van der Waals surface area (Å²) in [4.78, 5) is 4.19. The zero-order valence-electron chi connectivity index (χ0n) is 15.9. The van der Waals surface area contributed by atoms with E-state index in [0.717, 1.165) is 29.9 Å². The molecular weight excluding hydrogens is 342 g/mol. The predicted octanol–water partition coefficient (Wildman–Crippen LogP) is 1.14. The Morgan fingerprint density at radius 1 is 1.24 bits per heavy atom. The van der Waals surface area contributed by atoms with Crippen molar-refractivity contribution in [3.8, 4) is 0 Å². The highest BCUT2D eigenvalue weighted by Gasteiger charge is 2.15. The zero-order chi connectivity index (χ0) is 18.9. The van der Waals surface area contributed by atoms with E-state index < -0.39 is 10.0 Å². The minimum atomic E-state index is -3.12. The summed E-state index contributed by atoms with van der Waals surface area (Å²) < 4.78 is 30.1. The molecule has 0 saturated carbocycles. The summed E-state index contributed by atoms with van der Waals surface area (Å²) in [5.41, 5.74) is 2.05. The monoisotopic (exact) mass is 373 g/mol. The molecule has 0 aliphatic carbocycles. The molecule has 1 aromatic rings. The summed E-state index contributed by atoms with van der Waals surface area (Å²) in [5.74, 6) is 1.69. The van der Waals surface area contributed by atoms with Crippen LogP contribution in [0.25, 0.3) is 0 Å². The number of hydrogen-bond acceptors (Lipinski definition) is 5. The number of nitrogens with zero attached hydrogens (tertiary/aromatic N) is 3. The molecule has 0 bridgehead atoms. The van der Waals surface area contributed by atoms with Gasteiger partial charge in [0.05, 0.1) is 11.4 Å². The third-order valence-electron chi connectivity index (χ3n) is 4.05. The van der Waals surface area contributed by atoms with E-state index in [1.54, 1.807) is 21.0 Å². The van der Waals surface area contributed by atoms with Crippen LogP contribution < -0.4 is 10.6 Å². The van der Waals surface area contributed by atoms with Gasteiger partial charge in [0.25, 0.3) is 0 Å². The highest BCUT2D eigenvalue weighted by Crippen LogP contribution is 2.15. The minimum Gasteiger partial charge on any atom is -0.361 e. The molecule has 0 amide bonds. The van der Waals surface area contributed by atoms with E-state index in [-0.39, 0.29) is 5.75 Å². The van der Waals surface area contributed by atoms with E-state index >= 15 is 0 Å². The van der Waals surface area contributed by atoms with Gasteiger partial charge in [0.1, 0.15) is 5.76 Å². The second-order valence-electron chi connectivity index (χ2n) is 5.67. The minimum absolute atomic E-state index is 0.123. The van der Waals surface area contributed by atoms with Crippen LogP contribution in [0.15, 0.2) is 9.52 Å². The molecule has 0 saturated heterocycles. The van der Waals surface area contributed by atoms with Crippen molar-refractivity contribution in [2.75, 3.05) is 32.9 Å².